The number of sulfonamides is 1. The summed E-state index contributed by atoms with van der Waals surface area (Å²) in [5.74, 6) is -0.136. The highest BCUT2D eigenvalue weighted by Gasteiger charge is 2.32. The van der Waals surface area contributed by atoms with Crippen LogP contribution in [0.3, 0.4) is 0 Å². The molecule has 3 rings (SSSR count). The third-order valence-electron chi connectivity index (χ3n) is 4.83. The lowest BCUT2D eigenvalue weighted by Crippen LogP contribution is -2.53. The summed E-state index contributed by atoms with van der Waals surface area (Å²) in [7, 11) is -3.59. The molecule has 5 nitrogen and oxygen atoms in total. The third kappa shape index (κ3) is 4.03. The van der Waals surface area contributed by atoms with Crippen LogP contribution in [-0.4, -0.2) is 49.1 Å². The van der Waals surface area contributed by atoms with Crippen molar-refractivity contribution in [3.63, 3.8) is 0 Å². The highest BCUT2D eigenvalue weighted by Crippen LogP contribution is 2.22. The summed E-state index contributed by atoms with van der Waals surface area (Å²) in [6.07, 6.45) is 0. The second-order valence-corrected chi connectivity index (χ2v) is 8.69. The fourth-order valence-electron chi connectivity index (χ4n) is 3.26. The number of benzene rings is 2. The molecular weight excluding hydrogens is 348 g/mol. The minimum Gasteiger partial charge on any atom is -0.295 e. The van der Waals surface area contributed by atoms with Crippen molar-refractivity contribution in [1.82, 2.24) is 9.21 Å². The Bertz CT molecular complexity index is 881. The summed E-state index contributed by atoms with van der Waals surface area (Å²) in [6, 6.07) is 16.6. The quantitative estimate of drug-likeness (QED) is 0.758. The lowest BCUT2D eigenvalue weighted by atomic mass is 10.1. The van der Waals surface area contributed by atoms with Gasteiger partial charge >= 0.3 is 0 Å². The topological polar surface area (TPSA) is 57.7 Å². The van der Waals surface area contributed by atoms with Crippen LogP contribution in [0.5, 0.6) is 0 Å². The SMILES string of the molecule is CC(=O)c1cccc(S(=O)(=O)N2CCN(Cc3ccccc3)C(C)C2)c1. The number of hydrogen-bond acceptors (Lipinski definition) is 4. The van der Waals surface area contributed by atoms with Gasteiger partial charge in [0.25, 0.3) is 0 Å². The standard InChI is InChI=1S/C20H24N2O3S/c1-16-14-22(12-11-21(16)15-18-7-4-3-5-8-18)26(24,25)20-10-6-9-19(13-20)17(2)23/h3-10,13,16H,11-12,14-15H2,1-2H3. The average Bonchev–Trinajstić information content (AvgIpc) is 2.64. The molecule has 1 aliphatic rings. The first-order valence-corrected chi connectivity index (χ1v) is 10.2. The average molecular weight is 372 g/mol. The van der Waals surface area contributed by atoms with Crippen LogP contribution in [0, 0.1) is 0 Å². The van der Waals surface area contributed by atoms with Gasteiger partial charge in [-0.05, 0) is 31.5 Å². The van der Waals surface area contributed by atoms with Gasteiger partial charge in [0, 0.05) is 37.8 Å². The van der Waals surface area contributed by atoms with E-state index in [1.807, 2.05) is 18.2 Å². The van der Waals surface area contributed by atoms with Gasteiger partial charge in [0.15, 0.2) is 5.78 Å². The number of carbonyl (C=O) groups excluding carboxylic acids is 1. The first-order valence-electron chi connectivity index (χ1n) is 8.77. The summed E-state index contributed by atoms with van der Waals surface area (Å²) < 4.78 is 27.5. The summed E-state index contributed by atoms with van der Waals surface area (Å²) >= 11 is 0. The predicted molar refractivity (Wildman–Crippen MR) is 102 cm³/mol. The Kier molecular flexibility index (Phi) is 5.55. The molecule has 1 saturated heterocycles. The molecule has 1 unspecified atom stereocenters. The van der Waals surface area contributed by atoms with E-state index in [1.54, 1.807) is 18.2 Å². The van der Waals surface area contributed by atoms with Crippen molar-refractivity contribution in [2.75, 3.05) is 19.6 Å². The summed E-state index contributed by atoms with van der Waals surface area (Å²) in [5, 5.41) is 0. The monoisotopic (exact) mass is 372 g/mol. The molecule has 1 heterocycles. The van der Waals surface area contributed by atoms with Crippen molar-refractivity contribution in [2.45, 2.75) is 31.3 Å². The van der Waals surface area contributed by atoms with Gasteiger partial charge in [0.05, 0.1) is 4.90 Å². The molecule has 6 heteroatoms. The zero-order valence-electron chi connectivity index (χ0n) is 15.1. The van der Waals surface area contributed by atoms with Gasteiger partial charge in [-0.1, -0.05) is 42.5 Å². The molecule has 0 radical (unpaired) electrons. The second kappa shape index (κ2) is 7.70. The number of carbonyl (C=O) groups is 1. The lowest BCUT2D eigenvalue weighted by Gasteiger charge is -2.39. The fourth-order valence-corrected chi connectivity index (χ4v) is 4.82. The van der Waals surface area contributed by atoms with E-state index in [0.717, 1.165) is 6.54 Å². The lowest BCUT2D eigenvalue weighted by molar-refractivity contribution is 0.101. The Morgan fingerprint density at radius 2 is 1.81 bits per heavy atom. The van der Waals surface area contributed by atoms with Crippen molar-refractivity contribution in [2.24, 2.45) is 0 Å². The minimum atomic E-state index is -3.59. The maximum absolute atomic E-state index is 13.0. The van der Waals surface area contributed by atoms with E-state index in [0.29, 0.717) is 25.2 Å². The molecule has 0 aliphatic carbocycles. The zero-order chi connectivity index (χ0) is 18.7. The Morgan fingerprint density at radius 3 is 2.46 bits per heavy atom. The number of nitrogens with zero attached hydrogens (tertiary/aromatic N) is 2. The van der Waals surface area contributed by atoms with E-state index in [9.17, 15) is 13.2 Å². The second-order valence-electron chi connectivity index (χ2n) is 6.75. The first-order chi connectivity index (χ1) is 12.4. The number of hydrogen-bond donors (Lipinski definition) is 0. The van der Waals surface area contributed by atoms with Gasteiger partial charge in [-0.3, -0.25) is 9.69 Å². The molecule has 1 aliphatic heterocycles. The van der Waals surface area contributed by atoms with Crippen LogP contribution >= 0.6 is 0 Å². The maximum atomic E-state index is 13.0. The van der Waals surface area contributed by atoms with E-state index < -0.39 is 10.0 Å². The van der Waals surface area contributed by atoms with Gasteiger partial charge < -0.3 is 0 Å². The zero-order valence-corrected chi connectivity index (χ0v) is 15.9. The van der Waals surface area contributed by atoms with E-state index in [2.05, 4.69) is 24.0 Å². The molecule has 26 heavy (non-hydrogen) atoms. The van der Waals surface area contributed by atoms with Gasteiger partial charge in [-0.25, -0.2) is 8.42 Å². The summed E-state index contributed by atoms with van der Waals surface area (Å²) in [6.45, 7) is 5.88. The highest BCUT2D eigenvalue weighted by atomic mass is 32.2. The number of ketones is 1. The molecule has 0 aromatic heterocycles. The van der Waals surface area contributed by atoms with Gasteiger partial charge in [0.2, 0.25) is 10.0 Å². The minimum absolute atomic E-state index is 0.120. The van der Waals surface area contributed by atoms with Crippen molar-refractivity contribution in [3.8, 4) is 0 Å². The molecule has 0 saturated carbocycles. The van der Waals surface area contributed by atoms with Gasteiger partial charge in [-0.2, -0.15) is 4.31 Å². The van der Waals surface area contributed by atoms with Gasteiger partial charge in [0.1, 0.15) is 0 Å². The van der Waals surface area contributed by atoms with E-state index in [-0.39, 0.29) is 16.7 Å². The van der Waals surface area contributed by atoms with E-state index >= 15 is 0 Å². The molecule has 1 atom stereocenters. The molecule has 2 aromatic carbocycles. The molecule has 2 aromatic rings. The molecule has 1 fully saturated rings. The van der Waals surface area contributed by atoms with E-state index in [4.69, 9.17) is 0 Å². The number of Topliss-reactive ketones (excluding diaryl/α,β-unsaturated/α-hetero) is 1. The fraction of sp³-hybridized carbons (Fsp3) is 0.350. The Labute approximate surface area is 155 Å². The first kappa shape index (κ1) is 18.8. The summed E-state index contributed by atoms with van der Waals surface area (Å²) in [5.41, 5.74) is 1.65. The van der Waals surface area contributed by atoms with Crippen molar-refractivity contribution < 1.29 is 13.2 Å². The molecule has 0 amide bonds. The van der Waals surface area contributed by atoms with Crippen LogP contribution in [0.15, 0.2) is 59.5 Å². The molecule has 0 N–H and O–H groups in total. The largest absolute Gasteiger partial charge is 0.295 e. The van der Waals surface area contributed by atoms with Crippen LogP contribution in [-0.2, 0) is 16.6 Å². The van der Waals surface area contributed by atoms with Crippen LogP contribution in [0.4, 0.5) is 0 Å². The molecule has 138 valence electrons. The summed E-state index contributed by atoms with van der Waals surface area (Å²) in [4.78, 5) is 14.0. The van der Waals surface area contributed by atoms with Crippen molar-refractivity contribution >= 4 is 15.8 Å². The van der Waals surface area contributed by atoms with Gasteiger partial charge in [-0.15, -0.1) is 0 Å². The third-order valence-corrected chi connectivity index (χ3v) is 6.70. The number of piperazine rings is 1. The van der Waals surface area contributed by atoms with Crippen LogP contribution in [0.1, 0.15) is 29.8 Å². The smallest absolute Gasteiger partial charge is 0.243 e. The van der Waals surface area contributed by atoms with Crippen molar-refractivity contribution in [3.05, 3.63) is 65.7 Å². The van der Waals surface area contributed by atoms with Crippen molar-refractivity contribution in [1.29, 1.82) is 0 Å². The Hall–Kier alpha value is -2.02. The molecule has 0 bridgehead atoms. The van der Waals surface area contributed by atoms with E-state index in [1.165, 1.54) is 22.9 Å². The molecular formula is C20H24N2O3S. The number of rotatable bonds is 5. The Morgan fingerprint density at radius 1 is 1.08 bits per heavy atom. The highest BCUT2D eigenvalue weighted by molar-refractivity contribution is 7.89. The predicted octanol–water partition coefficient (Wildman–Crippen LogP) is 2.78. The van der Waals surface area contributed by atoms with Crippen LogP contribution < -0.4 is 0 Å². The van der Waals surface area contributed by atoms with Crippen LogP contribution in [0.2, 0.25) is 0 Å². The Balaban J connectivity index is 1.73. The normalized spacial score (nSPS) is 19.4. The molecule has 0 spiro atoms. The van der Waals surface area contributed by atoms with Crippen LogP contribution in [0.25, 0.3) is 0 Å². The maximum Gasteiger partial charge on any atom is 0.243 e.